The first kappa shape index (κ1) is 22.3. The summed E-state index contributed by atoms with van der Waals surface area (Å²) in [6.07, 6.45) is -4.54. The summed E-state index contributed by atoms with van der Waals surface area (Å²) in [4.78, 5) is 17.7. The average molecular weight is 443 g/mol. The maximum Gasteiger partial charge on any atom is 0.412 e. The minimum Gasteiger partial charge on any atom is -0.455 e. The van der Waals surface area contributed by atoms with Crippen molar-refractivity contribution in [3.8, 4) is 0 Å². The van der Waals surface area contributed by atoms with Crippen molar-refractivity contribution in [2.75, 3.05) is 13.3 Å². The standard InChI is InChI=1S/C16H21F3NO4PS2/c1-9-11(20-8-27-9)10-12(14(2,3)15(4,5)23-13(10)21)24-25(6,26)22-7-16(17,18)19/h8H,7H2,1-6H3. The SMILES string of the molecule is Cc1scnc1C1=C(OP(C)(=S)OCC(F)(F)F)C(C)(C)C(C)(C)OC1=O. The van der Waals surface area contributed by atoms with Gasteiger partial charge in [-0.3, -0.25) is 0 Å². The van der Waals surface area contributed by atoms with Crippen molar-refractivity contribution in [3.63, 3.8) is 0 Å². The minimum absolute atomic E-state index is 0.0739. The van der Waals surface area contributed by atoms with Gasteiger partial charge < -0.3 is 13.8 Å². The second kappa shape index (κ2) is 7.13. The van der Waals surface area contributed by atoms with Crippen molar-refractivity contribution in [1.82, 2.24) is 4.98 Å². The highest BCUT2D eigenvalue weighted by Crippen LogP contribution is 2.57. The summed E-state index contributed by atoms with van der Waals surface area (Å²) in [6.45, 7) is 5.16. The molecule has 0 spiro atoms. The van der Waals surface area contributed by atoms with Crippen LogP contribution in [-0.2, 0) is 30.4 Å². The molecule has 0 aromatic carbocycles. The molecule has 11 heteroatoms. The first-order valence-corrected chi connectivity index (χ1v) is 11.9. The fourth-order valence-electron chi connectivity index (χ4n) is 2.38. The van der Waals surface area contributed by atoms with Crippen molar-refractivity contribution >= 4 is 41.2 Å². The van der Waals surface area contributed by atoms with Crippen molar-refractivity contribution in [2.45, 2.75) is 46.4 Å². The number of alkyl halides is 3. The summed E-state index contributed by atoms with van der Waals surface area (Å²) >= 11 is 6.51. The van der Waals surface area contributed by atoms with E-state index in [0.717, 1.165) is 4.88 Å². The fraction of sp³-hybridized carbons (Fsp3) is 0.625. The third-order valence-corrected chi connectivity index (χ3v) is 6.96. The van der Waals surface area contributed by atoms with E-state index in [1.165, 1.54) is 18.0 Å². The van der Waals surface area contributed by atoms with Crippen LogP contribution in [0.1, 0.15) is 38.3 Å². The molecule has 27 heavy (non-hydrogen) atoms. The number of cyclic esters (lactones) is 1. The maximum atomic E-state index is 12.7. The molecule has 2 rings (SSSR count). The Hall–Kier alpha value is -0.960. The zero-order valence-corrected chi connectivity index (χ0v) is 18.3. The highest BCUT2D eigenvalue weighted by molar-refractivity contribution is 8.09. The van der Waals surface area contributed by atoms with E-state index in [1.807, 2.05) is 0 Å². The van der Waals surface area contributed by atoms with E-state index in [4.69, 9.17) is 25.6 Å². The van der Waals surface area contributed by atoms with Crippen LogP contribution in [0.2, 0.25) is 0 Å². The van der Waals surface area contributed by atoms with Gasteiger partial charge in [0, 0.05) is 11.5 Å². The van der Waals surface area contributed by atoms with E-state index in [2.05, 4.69) is 4.98 Å². The fourth-order valence-corrected chi connectivity index (χ4v) is 4.43. The lowest BCUT2D eigenvalue weighted by Gasteiger charge is -2.46. The van der Waals surface area contributed by atoms with E-state index in [-0.39, 0.29) is 11.3 Å². The number of thiazole rings is 1. The number of halogens is 3. The Morgan fingerprint density at radius 2 is 1.93 bits per heavy atom. The Kier molecular flexibility index (Phi) is 5.90. The molecule has 1 aromatic heterocycles. The predicted octanol–water partition coefficient (Wildman–Crippen LogP) is 5.06. The molecule has 0 bridgehead atoms. The Labute approximate surface area is 165 Å². The van der Waals surface area contributed by atoms with E-state index >= 15 is 0 Å². The number of hydrogen-bond donors (Lipinski definition) is 0. The van der Waals surface area contributed by atoms with Crippen LogP contribution >= 0.6 is 17.8 Å². The molecular weight excluding hydrogens is 422 g/mol. The molecule has 1 unspecified atom stereocenters. The molecule has 0 radical (unpaired) electrons. The monoisotopic (exact) mass is 443 g/mol. The van der Waals surface area contributed by atoms with Gasteiger partial charge in [0.15, 0.2) is 6.61 Å². The van der Waals surface area contributed by atoms with Gasteiger partial charge in [0.05, 0.1) is 16.6 Å². The first-order valence-electron chi connectivity index (χ1n) is 7.94. The molecule has 152 valence electrons. The van der Waals surface area contributed by atoms with Crippen molar-refractivity contribution in [3.05, 3.63) is 21.8 Å². The quantitative estimate of drug-likeness (QED) is 0.469. The van der Waals surface area contributed by atoms with Crippen molar-refractivity contribution in [2.24, 2.45) is 5.41 Å². The van der Waals surface area contributed by atoms with Gasteiger partial charge in [-0.15, -0.1) is 11.3 Å². The summed E-state index contributed by atoms with van der Waals surface area (Å²) in [5.74, 6) is -0.514. The van der Waals surface area contributed by atoms with Crippen LogP contribution in [0.3, 0.4) is 0 Å². The lowest BCUT2D eigenvalue weighted by Crippen LogP contribution is -2.49. The number of carbonyl (C=O) groups is 1. The highest BCUT2D eigenvalue weighted by atomic mass is 32.5. The Bertz CT molecular complexity index is 830. The molecule has 0 saturated carbocycles. The van der Waals surface area contributed by atoms with Crippen molar-refractivity contribution in [1.29, 1.82) is 0 Å². The number of esters is 1. The first-order chi connectivity index (χ1) is 12.1. The number of hydrogen-bond acceptors (Lipinski definition) is 7. The molecule has 0 amide bonds. The summed E-state index contributed by atoms with van der Waals surface area (Å²) in [6, 6.07) is 0. The molecule has 1 aliphatic heterocycles. The zero-order valence-electron chi connectivity index (χ0n) is 15.8. The number of ether oxygens (including phenoxy) is 1. The molecule has 5 nitrogen and oxygen atoms in total. The second-order valence-corrected chi connectivity index (χ2v) is 12.3. The molecule has 2 heterocycles. The molecule has 1 aromatic rings. The van der Waals surface area contributed by atoms with Gasteiger partial charge >= 0.3 is 12.1 Å². The lowest BCUT2D eigenvalue weighted by molar-refractivity contribution is -0.165. The summed E-state index contributed by atoms with van der Waals surface area (Å²) < 4.78 is 53.9. The maximum absolute atomic E-state index is 12.7. The summed E-state index contributed by atoms with van der Waals surface area (Å²) in [5.41, 5.74) is 0.150. The third-order valence-electron chi connectivity index (χ3n) is 4.55. The van der Waals surface area contributed by atoms with E-state index in [9.17, 15) is 18.0 Å². The zero-order chi connectivity index (χ0) is 20.8. The van der Waals surface area contributed by atoms with Gasteiger partial charge in [0.25, 0.3) is 0 Å². The second-order valence-electron chi connectivity index (χ2n) is 7.24. The molecule has 1 atom stereocenters. The number of aromatic nitrogens is 1. The van der Waals surface area contributed by atoms with Gasteiger partial charge in [-0.2, -0.15) is 13.2 Å². The predicted molar refractivity (Wildman–Crippen MR) is 101 cm³/mol. The van der Waals surface area contributed by atoms with E-state index in [0.29, 0.717) is 5.69 Å². The summed E-state index contributed by atoms with van der Waals surface area (Å²) in [5, 5.41) is 0. The van der Waals surface area contributed by atoms with Gasteiger partial charge in [-0.1, -0.05) is 0 Å². The smallest absolute Gasteiger partial charge is 0.412 e. The van der Waals surface area contributed by atoms with Crippen LogP contribution in [0.25, 0.3) is 5.57 Å². The molecule has 1 aliphatic rings. The van der Waals surface area contributed by atoms with Gasteiger partial charge in [0.2, 0.25) is 6.49 Å². The van der Waals surface area contributed by atoms with Crippen LogP contribution in [0.4, 0.5) is 13.2 Å². The molecule has 0 fully saturated rings. The van der Waals surface area contributed by atoms with Gasteiger partial charge in [-0.25, -0.2) is 9.78 Å². The number of nitrogens with zero attached hydrogens (tertiary/aromatic N) is 1. The largest absolute Gasteiger partial charge is 0.455 e. The molecular formula is C16H21F3NO4PS2. The lowest BCUT2D eigenvalue weighted by atomic mass is 9.72. The Morgan fingerprint density at radius 3 is 2.41 bits per heavy atom. The van der Waals surface area contributed by atoms with Crippen LogP contribution in [0, 0.1) is 12.3 Å². The van der Waals surface area contributed by atoms with Crippen LogP contribution in [-0.4, -0.2) is 36.0 Å². The number of carbonyl (C=O) groups excluding carboxylic acids is 1. The summed E-state index contributed by atoms with van der Waals surface area (Å²) in [7, 11) is 0. The van der Waals surface area contributed by atoms with Crippen LogP contribution in [0.5, 0.6) is 0 Å². The molecule has 0 saturated heterocycles. The minimum atomic E-state index is -4.54. The normalized spacial score (nSPS) is 21.6. The number of aryl methyl sites for hydroxylation is 1. The van der Waals surface area contributed by atoms with Crippen LogP contribution < -0.4 is 0 Å². The van der Waals surface area contributed by atoms with E-state index in [1.54, 1.807) is 40.1 Å². The Balaban J connectivity index is 2.58. The highest BCUT2D eigenvalue weighted by Gasteiger charge is 2.53. The van der Waals surface area contributed by atoms with E-state index < -0.39 is 36.3 Å². The third kappa shape index (κ3) is 4.72. The average Bonchev–Trinajstić information content (AvgIpc) is 2.88. The van der Waals surface area contributed by atoms with Crippen LogP contribution in [0.15, 0.2) is 11.3 Å². The van der Waals surface area contributed by atoms with Crippen molar-refractivity contribution < 1.29 is 31.8 Å². The van der Waals surface area contributed by atoms with Gasteiger partial charge in [0.1, 0.15) is 16.9 Å². The molecule has 0 N–H and O–H groups in total. The topological polar surface area (TPSA) is 57.6 Å². The molecule has 0 aliphatic carbocycles. The number of rotatable bonds is 5. The Morgan fingerprint density at radius 1 is 1.33 bits per heavy atom. The van der Waals surface area contributed by atoms with Gasteiger partial charge in [-0.05, 0) is 46.4 Å².